The summed E-state index contributed by atoms with van der Waals surface area (Å²) in [5, 5.41) is 14.1. The van der Waals surface area contributed by atoms with Crippen LogP contribution in [0.15, 0.2) is 24.5 Å². The summed E-state index contributed by atoms with van der Waals surface area (Å²) in [4.78, 5) is 16.9. The molecule has 25 heavy (non-hydrogen) atoms. The fourth-order valence-electron chi connectivity index (χ4n) is 4.22. The fraction of sp³-hybridized carbons (Fsp3) is 0.700. The minimum absolute atomic E-state index is 0.0182. The Morgan fingerprint density at radius 3 is 2.76 bits per heavy atom. The number of nitrogens with one attached hydrogen (secondary N) is 1. The van der Waals surface area contributed by atoms with E-state index in [0.29, 0.717) is 18.8 Å². The average molecular weight is 346 g/mol. The van der Waals surface area contributed by atoms with Crippen LogP contribution in [-0.4, -0.2) is 34.8 Å². The maximum absolute atomic E-state index is 12.7. The van der Waals surface area contributed by atoms with Crippen molar-refractivity contribution in [1.82, 2.24) is 10.3 Å². The van der Waals surface area contributed by atoms with Crippen LogP contribution in [0.2, 0.25) is 0 Å². The molecular formula is C20H30N2O3. The largest absolute Gasteiger partial charge is 0.385 e. The molecule has 1 aromatic rings. The molecule has 0 aromatic carbocycles. The van der Waals surface area contributed by atoms with Gasteiger partial charge in [0, 0.05) is 30.6 Å². The van der Waals surface area contributed by atoms with Crippen molar-refractivity contribution in [2.45, 2.75) is 70.1 Å². The standard InChI is InChI=1S/C20H30N2O3/c1-14(2)18-17(6-4-12-25-18)19(23)22-16-7-9-20(24,10-8-16)15-5-3-11-21-13-15/h3,5,11,13-14,16-18,24H,4,6-10,12H2,1-2H3,(H,22,23). The Bertz CT molecular complexity index is 568. The van der Waals surface area contributed by atoms with Gasteiger partial charge in [0.05, 0.1) is 17.6 Å². The lowest BCUT2D eigenvalue weighted by Crippen LogP contribution is -2.49. The second kappa shape index (κ2) is 7.83. The van der Waals surface area contributed by atoms with Crippen LogP contribution in [-0.2, 0) is 15.1 Å². The van der Waals surface area contributed by atoms with Gasteiger partial charge in [-0.2, -0.15) is 0 Å². The van der Waals surface area contributed by atoms with E-state index in [4.69, 9.17) is 4.74 Å². The zero-order valence-electron chi connectivity index (χ0n) is 15.3. The van der Waals surface area contributed by atoms with Gasteiger partial charge in [0.25, 0.3) is 0 Å². The molecule has 1 saturated heterocycles. The second-order valence-corrected chi connectivity index (χ2v) is 7.88. The minimum Gasteiger partial charge on any atom is -0.385 e. The summed E-state index contributed by atoms with van der Waals surface area (Å²) in [5.41, 5.74) is 0.0597. The molecule has 2 unspecified atom stereocenters. The average Bonchev–Trinajstić information content (AvgIpc) is 2.64. The van der Waals surface area contributed by atoms with E-state index in [9.17, 15) is 9.90 Å². The van der Waals surface area contributed by atoms with Gasteiger partial charge >= 0.3 is 0 Å². The van der Waals surface area contributed by atoms with Crippen LogP contribution in [0.25, 0.3) is 0 Å². The van der Waals surface area contributed by atoms with Crippen molar-refractivity contribution in [3.8, 4) is 0 Å². The molecule has 2 heterocycles. The lowest BCUT2D eigenvalue weighted by Gasteiger charge is -2.38. The molecule has 138 valence electrons. The van der Waals surface area contributed by atoms with E-state index in [2.05, 4.69) is 24.1 Å². The van der Waals surface area contributed by atoms with Crippen LogP contribution in [0.4, 0.5) is 0 Å². The molecule has 2 fully saturated rings. The van der Waals surface area contributed by atoms with Crippen molar-refractivity contribution in [1.29, 1.82) is 0 Å². The van der Waals surface area contributed by atoms with Crippen LogP contribution < -0.4 is 5.32 Å². The van der Waals surface area contributed by atoms with Gasteiger partial charge in [-0.15, -0.1) is 0 Å². The highest BCUT2D eigenvalue weighted by Gasteiger charge is 2.38. The lowest BCUT2D eigenvalue weighted by molar-refractivity contribution is -0.138. The molecule has 5 nitrogen and oxygen atoms in total. The summed E-state index contributed by atoms with van der Waals surface area (Å²) in [5.74, 6) is 0.418. The predicted molar refractivity (Wildman–Crippen MR) is 95.8 cm³/mol. The summed E-state index contributed by atoms with van der Waals surface area (Å²) < 4.78 is 5.85. The van der Waals surface area contributed by atoms with Gasteiger partial charge < -0.3 is 15.2 Å². The van der Waals surface area contributed by atoms with Gasteiger partial charge in [-0.3, -0.25) is 9.78 Å². The molecular weight excluding hydrogens is 316 g/mol. The van der Waals surface area contributed by atoms with Gasteiger partial charge in [-0.05, 0) is 50.5 Å². The first-order valence-corrected chi connectivity index (χ1v) is 9.54. The Morgan fingerprint density at radius 1 is 1.36 bits per heavy atom. The number of carbonyl (C=O) groups excluding carboxylic acids is 1. The Balaban J connectivity index is 1.56. The van der Waals surface area contributed by atoms with Crippen LogP contribution in [0, 0.1) is 11.8 Å². The number of ether oxygens (including phenoxy) is 1. The smallest absolute Gasteiger partial charge is 0.225 e. The molecule has 1 aromatic heterocycles. The number of rotatable bonds is 4. The van der Waals surface area contributed by atoms with Crippen LogP contribution >= 0.6 is 0 Å². The second-order valence-electron chi connectivity index (χ2n) is 7.88. The molecule has 0 spiro atoms. The van der Waals surface area contributed by atoms with Crippen LogP contribution in [0.5, 0.6) is 0 Å². The zero-order chi connectivity index (χ0) is 17.9. The van der Waals surface area contributed by atoms with Crippen molar-refractivity contribution in [2.75, 3.05) is 6.61 Å². The van der Waals surface area contributed by atoms with Crippen molar-refractivity contribution >= 4 is 5.91 Å². The summed E-state index contributed by atoms with van der Waals surface area (Å²) >= 11 is 0. The molecule has 5 heteroatoms. The molecule has 1 saturated carbocycles. The molecule has 2 N–H and O–H groups in total. The number of carbonyl (C=O) groups is 1. The number of nitrogens with zero attached hydrogens (tertiary/aromatic N) is 1. The zero-order valence-corrected chi connectivity index (χ0v) is 15.3. The number of aliphatic hydroxyl groups is 1. The SMILES string of the molecule is CC(C)C1OCCCC1C(=O)NC1CCC(O)(c2cccnc2)CC1. The maximum atomic E-state index is 12.7. The van der Waals surface area contributed by atoms with Crippen molar-refractivity contribution < 1.29 is 14.6 Å². The number of hydrogen-bond donors (Lipinski definition) is 2. The number of hydrogen-bond acceptors (Lipinski definition) is 4. The maximum Gasteiger partial charge on any atom is 0.225 e. The quantitative estimate of drug-likeness (QED) is 0.879. The van der Waals surface area contributed by atoms with E-state index in [1.807, 2.05) is 12.1 Å². The monoisotopic (exact) mass is 346 g/mol. The molecule has 3 rings (SSSR count). The Morgan fingerprint density at radius 2 is 2.12 bits per heavy atom. The van der Waals surface area contributed by atoms with Gasteiger partial charge in [-0.1, -0.05) is 19.9 Å². The summed E-state index contributed by atoms with van der Waals surface area (Å²) in [6, 6.07) is 3.92. The first-order chi connectivity index (χ1) is 12.0. The van der Waals surface area contributed by atoms with E-state index in [-0.39, 0.29) is 24.0 Å². The Hall–Kier alpha value is -1.46. The minimum atomic E-state index is -0.816. The third-order valence-corrected chi connectivity index (χ3v) is 5.72. The molecule has 2 aliphatic rings. The van der Waals surface area contributed by atoms with E-state index in [1.165, 1.54) is 0 Å². The highest BCUT2D eigenvalue weighted by Crippen LogP contribution is 2.37. The number of pyridine rings is 1. The third kappa shape index (κ3) is 4.21. The first-order valence-electron chi connectivity index (χ1n) is 9.54. The van der Waals surface area contributed by atoms with E-state index >= 15 is 0 Å². The van der Waals surface area contributed by atoms with E-state index < -0.39 is 5.60 Å². The number of aromatic nitrogens is 1. The normalized spacial score (nSPS) is 33.2. The fourth-order valence-corrected chi connectivity index (χ4v) is 4.22. The third-order valence-electron chi connectivity index (χ3n) is 5.72. The van der Waals surface area contributed by atoms with Crippen molar-refractivity contribution in [3.63, 3.8) is 0 Å². The Kier molecular flexibility index (Phi) is 5.74. The molecule has 0 bridgehead atoms. The topological polar surface area (TPSA) is 71.5 Å². The summed E-state index contributed by atoms with van der Waals surface area (Å²) in [6.07, 6.45) is 8.21. The molecule has 1 aliphatic heterocycles. The van der Waals surface area contributed by atoms with Gasteiger partial charge in [-0.25, -0.2) is 0 Å². The van der Waals surface area contributed by atoms with E-state index in [1.54, 1.807) is 12.4 Å². The predicted octanol–water partition coefficient (Wildman–Crippen LogP) is 2.78. The van der Waals surface area contributed by atoms with Crippen molar-refractivity contribution in [2.24, 2.45) is 11.8 Å². The molecule has 1 aliphatic carbocycles. The van der Waals surface area contributed by atoms with E-state index in [0.717, 1.165) is 37.9 Å². The van der Waals surface area contributed by atoms with Gasteiger partial charge in [0.1, 0.15) is 0 Å². The Labute approximate surface area is 150 Å². The van der Waals surface area contributed by atoms with Gasteiger partial charge in [0.2, 0.25) is 5.91 Å². The lowest BCUT2D eigenvalue weighted by atomic mass is 9.78. The molecule has 1 amide bonds. The summed E-state index contributed by atoms with van der Waals surface area (Å²) in [6.45, 7) is 4.99. The first kappa shape index (κ1) is 18.3. The summed E-state index contributed by atoms with van der Waals surface area (Å²) in [7, 11) is 0. The number of amides is 1. The van der Waals surface area contributed by atoms with Crippen molar-refractivity contribution in [3.05, 3.63) is 30.1 Å². The van der Waals surface area contributed by atoms with Crippen LogP contribution in [0.3, 0.4) is 0 Å². The molecule has 2 atom stereocenters. The molecule has 0 radical (unpaired) electrons. The highest BCUT2D eigenvalue weighted by molar-refractivity contribution is 5.79. The highest BCUT2D eigenvalue weighted by atomic mass is 16.5. The van der Waals surface area contributed by atoms with Crippen LogP contribution in [0.1, 0.15) is 57.9 Å². The van der Waals surface area contributed by atoms with Gasteiger partial charge in [0.15, 0.2) is 0 Å².